The molecule has 0 aliphatic carbocycles. The van der Waals surface area contributed by atoms with E-state index in [1.54, 1.807) is 12.1 Å². The van der Waals surface area contributed by atoms with Crippen LogP contribution in [0.25, 0.3) is 11.1 Å². The fourth-order valence-corrected chi connectivity index (χ4v) is 2.83. The first kappa shape index (κ1) is 14.9. The van der Waals surface area contributed by atoms with Crippen LogP contribution in [-0.4, -0.2) is 0 Å². The summed E-state index contributed by atoms with van der Waals surface area (Å²) in [5.41, 5.74) is 6.79. The highest BCUT2D eigenvalue weighted by atomic mass is 35.5. The van der Waals surface area contributed by atoms with Gasteiger partial charge < -0.3 is 5.73 Å². The first-order valence-electron chi connectivity index (χ1n) is 5.27. The van der Waals surface area contributed by atoms with Gasteiger partial charge in [0, 0.05) is 17.7 Å². The Bertz CT molecular complexity index is 643. The Kier molecular flexibility index (Phi) is 4.59. The molecule has 2 aromatic carbocycles. The molecule has 19 heavy (non-hydrogen) atoms. The Balaban J connectivity index is 2.66. The van der Waals surface area contributed by atoms with Crippen LogP contribution >= 0.6 is 46.4 Å². The van der Waals surface area contributed by atoms with Crippen molar-refractivity contribution in [3.05, 3.63) is 55.7 Å². The third-order valence-corrected chi connectivity index (χ3v) is 4.24. The molecule has 0 heterocycles. The summed E-state index contributed by atoms with van der Waals surface area (Å²) in [5, 5.41) is 0.934. The maximum absolute atomic E-state index is 13.8. The minimum absolute atomic E-state index is 0.120. The molecule has 0 aliphatic heterocycles. The molecule has 0 bridgehead atoms. The van der Waals surface area contributed by atoms with E-state index in [9.17, 15) is 4.39 Å². The molecule has 2 rings (SSSR count). The van der Waals surface area contributed by atoms with Crippen molar-refractivity contribution >= 4 is 46.4 Å². The maximum atomic E-state index is 13.8. The number of nitrogens with two attached hydrogens (primary N) is 1. The number of benzene rings is 2. The molecule has 6 heteroatoms. The molecule has 0 aliphatic rings. The molecule has 2 aromatic rings. The van der Waals surface area contributed by atoms with Crippen molar-refractivity contribution in [2.75, 3.05) is 0 Å². The highest BCUT2D eigenvalue weighted by Crippen LogP contribution is 2.43. The largest absolute Gasteiger partial charge is 0.326 e. The molecule has 0 amide bonds. The van der Waals surface area contributed by atoms with E-state index in [4.69, 9.17) is 52.1 Å². The second-order valence-electron chi connectivity index (χ2n) is 3.85. The average molecular weight is 339 g/mol. The molecule has 100 valence electrons. The summed E-state index contributed by atoms with van der Waals surface area (Å²) in [6, 6.07) is 6.06. The van der Waals surface area contributed by atoms with Crippen molar-refractivity contribution in [3.8, 4) is 11.1 Å². The van der Waals surface area contributed by atoms with Crippen LogP contribution in [0.1, 0.15) is 5.56 Å². The van der Waals surface area contributed by atoms with Gasteiger partial charge in [-0.05, 0) is 17.7 Å². The summed E-state index contributed by atoms with van der Waals surface area (Å²) in [4.78, 5) is 0. The van der Waals surface area contributed by atoms with Gasteiger partial charge in [0.2, 0.25) is 0 Å². The number of hydrogen-bond acceptors (Lipinski definition) is 1. The normalized spacial score (nSPS) is 10.8. The third kappa shape index (κ3) is 2.83. The zero-order valence-corrected chi connectivity index (χ0v) is 12.5. The van der Waals surface area contributed by atoms with E-state index in [-0.39, 0.29) is 21.6 Å². The van der Waals surface area contributed by atoms with Gasteiger partial charge >= 0.3 is 0 Å². The van der Waals surface area contributed by atoms with Crippen LogP contribution in [-0.2, 0) is 6.54 Å². The van der Waals surface area contributed by atoms with Crippen molar-refractivity contribution in [1.29, 1.82) is 0 Å². The van der Waals surface area contributed by atoms with E-state index in [1.807, 2.05) is 0 Å². The van der Waals surface area contributed by atoms with E-state index >= 15 is 0 Å². The predicted molar refractivity (Wildman–Crippen MR) is 79.8 cm³/mol. The van der Waals surface area contributed by atoms with Crippen molar-refractivity contribution in [3.63, 3.8) is 0 Å². The SMILES string of the molecule is NCc1ccc(-c2c(Cl)cc(Cl)c(Cl)c2Cl)cc1F. The third-order valence-electron chi connectivity index (χ3n) is 2.68. The summed E-state index contributed by atoms with van der Waals surface area (Å²) in [6.45, 7) is 0.120. The molecule has 0 radical (unpaired) electrons. The van der Waals surface area contributed by atoms with Gasteiger partial charge in [0.15, 0.2) is 0 Å². The lowest BCUT2D eigenvalue weighted by Gasteiger charge is -2.11. The van der Waals surface area contributed by atoms with Gasteiger partial charge in [0.1, 0.15) is 5.82 Å². The maximum Gasteiger partial charge on any atom is 0.128 e. The zero-order chi connectivity index (χ0) is 14.2. The summed E-state index contributed by atoms with van der Waals surface area (Å²) >= 11 is 24.0. The molecule has 0 aromatic heterocycles. The van der Waals surface area contributed by atoms with Crippen molar-refractivity contribution in [2.24, 2.45) is 5.73 Å². The predicted octanol–water partition coefficient (Wildman–Crippen LogP) is 5.57. The number of hydrogen-bond donors (Lipinski definition) is 1. The van der Waals surface area contributed by atoms with Gasteiger partial charge in [-0.1, -0.05) is 58.5 Å². The van der Waals surface area contributed by atoms with E-state index in [1.165, 1.54) is 12.1 Å². The van der Waals surface area contributed by atoms with Crippen LogP contribution in [0.15, 0.2) is 24.3 Å². The fraction of sp³-hybridized carbons (Fsp3) is 0.0769. The first-order chi connectivity index (χ1) is 8.95. The minimum Gasteiger partial charge on any atom is -0.326 e. The van der Waals surface area contributed by atoms with Crippen LogP contribution < -0.4 is 5.73 Å². The summed E-state index contributed by atoms with van der Waals surface area (Å²) in [6.07, 6.45) is 0. The van der Waals surface area contributed by atoms with Gasteiger partial charge in [-0.15, -0.1) is 0 Å². The molecule has 0 fully saturated rings. The lowest BCUT2D eigenvalue weighted by Crippen LogP contribution is -1.99. The van der Waals surface area contributed by atoms with Gasteiger partial charge in [-0.3, -0.25) is 0 Å². The second kappa shape index (κ2) is 5.86. The molecule has 1 nitrogen and oxygen atoms in total. The summed E-state index contributed by atoms with van der Waals surface area (Å²) in [5.74, 6) is -0.418. The fourth-order valence-electron chi connectivity index (χ4n) is 1.70. The number of rotatable bonds is 2. The Morgan fingerprint density at radius 2 is 1.63 bits per heavy atom. The van der Waals surface area contributed by atoms with Crippen LogP contribution in [0.2, 0.25) is 20.1 Å². The standard InChI is InChI=1S/C13H8Cl4FN/c14-8-4-9(15)12(16)13(17)11(8)6-1-2-7(5-19)10(18)3-6/h1-4H,5,19H2. The molecule has 0 saturated heterocycles. The first-order valence-corrected chi connectivity index (χ1v) is 6.78. The monoisotopic (exact) mass is 337 g/mol. The Hall–Kier alpha value is -0.510. The van der Waals surface area contributed by atoms with Crippen molar-refractivity contribution < 1.29 is 4.39 Å². The van der Waals surface area contributed by atoms with Crippen LogP contribution in [0, 0.1) is 5.82 Å². The van der Waals surface area contributed by atoms with E-state index in [0.29, 0.717) is 21.7 Å². The molecule has 0 atom stereocenters. The van der Waals surface area contributed by atoms with E-state index in [0.717, 1.165) is 0 Å². The van der Waals surface area contributed by atoms with Crippen LogP contribution in [0.5, 0.6) is 0 Å². The molecular formula is C13H8Cl4FN. The van der Waals surface area contributed by atoms with Gasteiger partial charge in [-0.2, -0.15) is 0 Å². The smallest absolute Gasteiger partial charge is 0.128 e. The number of halogens is 5. The molecule has 0 unspecified atom stereocenters. The van der Waals surface area contributed by atoms with Crippen molar-refractivity contribution in [1.82, 2.24) is 0 Å². The highest BCUT2D eigenvalue weighted by molar-refractivity contribution is 6.51. The summed E-state index contributed by atoms with van der Waals surface area (Å²) in [7, 11) is 0. The topological polar surface area (TPSA) is 26.0 Å². The van der Waals surface area contributed by atoms with Gasteiger partial charge in [-0.25, -0.2) is 4.39 Å². The Morgan fingerprint density at radius 1 is 0.947 bits per heavy atom. The highest BCUT2D eigenvalue weighted by Gasteiger charge is 2.16. The second-order valence-corrected chi connectivity index (χ2v) is 5.42. The Morgan fingerprint density at radius 3 is 2.21 bits per heavy atom. The average Bonchev–Trinajstić information content (AvgIpc) is 2.36. The van der Waals surface area contributed by atoms with E-state index < -0.39 is 5.82 Å². The van der Waals surface area contributed by atoms with Gasteiger partial charge in [0.05, 0.1) is 20.1 Å². The Labute approximate surface area is 130 Å². The molecule has 2 N–H and O–H groups in total. The molecule has 0 spiro atoms. The molecular weight excluding hydrogens is 331 g/mol. The zero-order valence-electron chi connectivity index (χ0n) is 9.48. The van der Waals surface area contributed by atoms with Gasteiger partial charge in [0.25, 0.3) is 0 Å². The van der Waals surface area contributed by atoms with Crippen LogP contribution in [0.4, 0.5) is 4.39 Å². The quantitative estimate of drug-likeness (QED) is 0.562. The molecule has 0 saturated carbocycles. The lowest BCUT2D eigenvalue weighted by molar-refractivity contribution is 0.611. The minimum atomic E-state index is -0.418. The van der Waals surface area contributed by atoms with Crippen molar-refractivity contribution in [2.45, 2.75) is 6.54 Å². The van der Waals surface area contributed by atoms with Crippen LogP contribution in [0.3, 0.4) is 0 Å². The van der Waals surface area contributed by atoms with E-state index in [2.05, 4.69) is 0 Å². The lowest BCUT2D eigenvalue weighted by atomic mass is 10.0. The summed E-state index contributed by atoms with van der Waals surface area (Å²) < 4.78 is 13.8.